The van der Waals surface area contributed by atoms with Gasteiger partial charge >= 0.3 is 0 Å². The lowest BCUT2D eigenvalue weighted by Gasteiger charge is -2.27. The number of amidine groups is 1. The third-order valence-corrected chi connectivity index (χ3v) is 3.86. The maximum Gasteiger partial charge on any atom is 0.0911 e. The van der Waals surface area contributed by atoms with E-state index in [4.69, 9.17) is 11.1 Å². The van der Waals surface area contributed by atoms with E-state index in [1.807, 2.05) is 0 Å². The summed E-state index contributed by atoms with van der Waals surface area (Å²) in [5.41, 5.74) is 9.71. The summed E-state index contributed by atoms with van der Waals surface area (Å²) in [5, 5.41) is 7.47. The summed E-state index contributed by atoms with van der Waals surface area (Å²) in [4.78, 5) is 2.31. The first-order valence-corrected chi connectivity index (χ1v) is 6.53. The molecule has 1 aliphatic rings. The van der Waals surface area contributed by atoms with Gasteiger partial charge in [0.2, 0.25) is 0 Å². The van der Waals surface area contributed by atoms with Crippen LogP contribution in [-0.4, -0.2) is 19.4 Å². The van der Waals surface area contributed by atoms with E-state index in [1.165, 1.54) is 29.7 Å². The van der Waals surface area contributed by atoms with Gasteiger partial charge in [0.25, 0.3) is 0 Å². The molecule has 98 valence electrons. The molecule has 3 heteroatoms. The summed E-state index contributed by atoms with van der Waals surface area (Å²) in [6.45, 7) is 5.27. The average molecular weight is 245 g/mol. The highest BCUT2D eigenvalue weighted by atomic mass is 15.1. The van der Waals surface area contributed by atoms with Crippen molar-refractivity contribution in [1.82, 2.24) is 0 Å². The first-order valence-electron chi connectivity index (χ1n) is 6.53. The molecule has 0 amide bonds. The van der Waals surface area contributed by atoms with Gasteiger partial charge in [-0.2, -0.15) is 0 Å². The SMILES string of the molecule is Cc1ccc(N(C)CC2(CC(=N)N)CC2)c(C)c1. The molecule has 18 heavy (non-hydrogen) atoms. The largest absolute Gasteiger partial charge is 0.388 e. The van der Waals surface area contributed by atoms with Crippen LogP contribution in [0.2, 0.25) is 0 Å². The van der Waals surface area contributed by atoms with Gasteiger partial charge in [0.1, 0.15) is 0 Å². The summed E-state index contributed by atoms with van der Waals surface area (Å²) in [5.74, 6) is 0.321. The summed E-state index contributed by atoms with van der Waals surface area (Å²) in [6, 6.07) is 6.56. The highest BCUT2D eigenvalue weighted by Crippen LogP contribution is 2.49. The van der Waals surface area contributed by atoms with Gasteiger partial charge in [-0.05, 0) is 43.7 Å². The fourth-order valence-corrected chi connectivity index (χ4v) is 2.79. The van der Waals surface area contributed by atoms with Crippen LogP contribution in [0.1, 0.15) is 30.4 Å². The Bertz CT molecular complexity index is 461. The quantitative estimate of drug-likeness (QED) is 0.619. The number of anilines is 1. The van der Waals surface area contributed by atoms with Gasteiger partial charge in [0.05, 0.1) is 5.84 Å². The zero-order chi connectivity index (χ0) is 13.3. The number of rotatable bonds is 5. The molecule has 2 rings (SSSR count). The van der Waals surface area contributed by atoms with E-state index >= 15 is 0 Å². The van der Waals surface area contributed by atoms with Crippen LogP contribution in [0.3, 0.4) is 0 Å². The minimum Gasteiger partial charge on any atom is -0.388 e. The van der Waals surface area contributed by atoms with Crippen molar-refractivity contribution in [2.75, 3.05) is 18.5 Å². The Labute approximate surface area is 109 Å². The van der Waals surface area contributed by atoms with Gasteiger partial charge in [0, 0.05) is 25.7 Å². The zero-order valence-electron chi connectivity index (χ0n) is 11.6. The third kappa shape index (κ3) is 2.84. The van der Waals surface area contributed by atoms with Gasteiger partial charge in [-0.15, -0.1) is 0 Å². The molecule has 0 unspecified atom stereocenters. The predicted octanol–water partition coefficient (Wildman–Crippen LogP) is 2.85. The van der Waals surface area contributed by atoms with Crippen LogP contribution < -0.4 is 10.6 Å². The molecule has 1 saturated carbocycles. The molecule has 0 bridgehead atoms. The smallest absolute Gasteiger partial charge is 0.0911 e. The second-order valence-corrected chi connectivity index (χ2v) is 5.85. The van der Waals surface area contributed by atoms with Crippen LogP contribution in [0.25, 0.3) is 0 Å². The van der Waals surface area contributed by atoms with E-state index < -0.39 is 0 Å². The molecule has 0 spiro atoms. The molecular weight excluding hydrogens is 222 g/mol. The zero-order valence-corrected chi connectivity index (χ0v) is 11.6. The molecule has 3 N–H and O–H groups in total. The van der Waals surface area contributed by atoms with E-state index in [1.54, 1.807) is 0 Å². The summed E-state index contributed by atoms with van der Waals surface area (Å²) in [6.07, 6.45) is 3.13. The number of nitrogens with one attached hydrogen (secondary N) is 1. The molecule has 0 heterocycles. The predicted molar refractivity (Wildman–Crippen MR) is 77.4 cm³/mol. The van der Waals surface area contributed by atoms with E-state index in [9.17, 15) is 0 Å². The van der Waals surface area contributed by atoms with Crippen molar-refractivity contribution in [3.8, 4) is 0 Å². The van der Waals surface area contributed by atoms with Gasteiger partial charge in [0.15, 0.2) is 0 Å². The lowest BCUT2D eigenvalue weighted by atomic mass is 10.0. The molecule has 3 nitrogen and oxygen atoms in total. The third-order valence-electron chi connectivity index (χ3n) is 3.86. The highest BCUT2D eigenvalue weighted by molar-refractivity contribution is 5.78. The number of benzene rings is 1. The Morgan fingerprint density at radius 1 is 1.39 bits per heavy atom. The molecule has 1 fully saturated rings. The fraction of sp³-hybridized carbons (Fsp3) is 0.533. The number of aryl methyl sites for hydroxylation is 2. The van der Waals surface area contributed by atoms with Crippen molar-refractivity contribution in [3.05, 3.63) is 29.3 Å². The summed E-state index contributed by atoms with van der Waals surface area (Å²) in [7, 11) is 2.14. The normalized spacial score (nSPS) is 16.4. The Balaban J connectivity index is 2.08. The Kier molecular flexibility index (Phi) is 3.33. The van der Waals surface area contributed by atoms with Crippen LogP contribution >= 0.6 is 0 Å². The fourth-order valence-electron chi connectivity index (χ4n) is 2.79. The molecule has 0 aliphatic heterocycles. The van der Waals surface area contributed by atoms with Crippen molar-refractivity contribution in [3.63, 3.8) is 0 Å². The van der Waals surface area contributed by atoms with E-state index in [-0.39, 0.29) is 5.41 Å². The molecule has 1 aliphatic carbocycles. The standard InChI is InChI=1S/C15H23N3/c1-11-4-5-13(12(2)8-11)18(3)10-15(6-7-15)9-14(16)17/h4-5,8H,6-7,9-10H2,1-3H3,(H3,16,17). The van der Waals surface area contributed by atoms with Crippen LogP contribution in [0.15, 0.2) is 18.2 Å². The first-order chi connectivity index (χ1) is 8.42. The van der Waals surface area contributed by atoms with E-state index in [2.05, 4.69) is 44.0 Å². The highest BCUT2D eigenvalue weighted by Gasteiger charge is 2.43. The number of hydrogen-bond acceptors (Lipinski definition) is 2. The minimum absolute atomic E-state index is 0.262. The maximum atomic E-state index is 7.47. The molecule has 1 aromatic rings. The Morgan fingerprint density at radius 2 is 2.06 bits per heavy atom. The monoisotopic (exact) mass is 245 g/mol. The van der Waals surface area contributed by atoms with Crippen LogP contribution in [0, 0.1) is 24.7 Å². The van der Waals surface area contributed by atoms with Crippen LogP contribution in [0.5, 0.6) is 0 Å². The molecular formula is C15H23N3. The first kappa shape index (κ1) is 12.9. The summed E-state index contributed by atoms with van der Waals surface area (Å²) < 4.78 is 0. The van der Waals surface area contributed by atoms with E-state index in [0.717, 1.165) is 13.0 Å². The van der Waals surface area contributed by atoms with Gasteiger partial charge in [-0.25, -0.2) is 0 Å². The van der Waals surface area contributed by atoms with Gasteiger partial charge in [-0.3, -0.25) is 5.41 Å². The number of hydrogen-bond donors (Lipinski definition) is 2. The molecule has 0 radical (unpaired) electrons. The minimum atomic E-state index is 0.262. The van der Waals surface area contributed by atoms with Gasteiger partial charge in [-0.1, -0.05) is 17.7 Å². The lowest BCUT2D eigenvalue weighted by Crippen LogP contribution is -2.30. The van der Waals surface area contributed by atoms with Crippen molar-refractivity contribution in [1.29, 1.82) is 5.41 Å². The molecule has 0 saturated heterocycles. The number of nitrogens with zero attached hydrogens (tertiary/aromatic N) is 1. The molecule has 0 atom stereocenters. The van der Waals surface area contributed by atoms with Gasteiger partial charge < -0.3 is 10.6 Å². The van der Waals surface area contributed by atoms with Crippen molar-refractivity contribution >= 4 is 11.5 Å². The second kappa shape index (κ2) is 4.63. The Hall–Kier alpha value is -1.51. The van der Waals surface area contributed by atoms with Crippen LogP contribution in [-0.2, 0) is 0 Å². The molecule has 0 aromatic heterocycles. The van der Waals surface area contributed by atoms with Crippen LogP contribution in [0.4, 0.5) is 5.69 Å². The Morgan fingerprint density at radius 3 is 2.56 bits per heavy atom. The topological polar surface area (TPSA) is 53.1 Å². The second-order valence-electron chi connectivity index (χ2n) is 5.85. The van der Waals surface area contributed by atoms with E-state index in [0.29, 0.717) is 5.84 Å². The summed E-state index contributed by atoms with van der Waals surface area (Å²) >= 11 is 0. The molecule has 1 aromatic carbocycles. The van der Waals surface area contributed by atoms with Crippen molar-refractivity contribution in [2.24, 2.45) is 11.1 Å². The maximum absolute atomic E-state index is 7.47. The van der Waals surface area contributed by atoms with Crippen molar-refractivity contribution < 1.29 is 0 Å². The van der Waals surface area contributed by atoms with Crippen molar-refractivity contribution in [2.45, 2.75) is 33.1 Å². The average Bonchev–Trinajstić information content (AvgIpc) is 2.95. The lowest BCUT2D eigenvalue weighted by molar-refractivity contribution is 0.529. The number of nitrogens with two attached hydrogens (primary N) is 1.